The Balaban J connectivity index is 0.00000133. The first-order valence-electron chi connectivity index (χ1n) is 5.92. The zero-order valence-electron chi connectivity index (χ0n) is 9.98. The van der Waals surface area contributed by atoms with Crippen molar-refractivity contribution in [2.45, 2.75) is 6.18 Å². The van der Waals surface area contributed by atoms with Crippen LogP contribution in [-0.4, -0.2) is 24.7 Å². The minimum absolute atomic E-state index is 0. The lowest BCUT2D eigenvalue weighted by molar-refractivity contribution is -0.137. The van der Waals surface area contributed by atoms with Gasteiger partial charge in [-0.15, -0.1) is 12.4 Å². The average Bonchev–Trinajstić information content (AvgIpc) is 2.77. The molecule has 1 aliphatic heterocycles. The van der Waals surface area contributed by atoms with Gasteiger partial charge in [0.25, 0.3) is 0 Å². The average molecular weight is 295 g/mol. The summed E-state index contributed by atoms with van der Waals surface area (Å²) in [5.41, 5.74) is -0.748. The molecule has 0 spiro atoms. The Morgan fingerprint density at radius 3 is 2.47 bits per heavy atom. The van der Waals surface area contributed by atoms with Crippen LogP contribution in [0.5, 0.6) is 5.88 Å². The van der Waals surface area contributed by atoms with Gasteiger partial charge in [0.2, 0.25) is 5.88 Å². The van der Waals surface area contributed by atoms with Crippen molar-refractivity contribution < 1.29 is 17.9 Å². The number of nitrogens with one attached hydrogen (secondary N) is 1. The molecule has 1 saturated carbocycles. The smallest absolute Gasteiger partial charge is 0.417 e. The largest absolute Gasteiger partial charge is 0.477 e. The Morgan fingerprint density at radius 1 is 1.26 bits per heavy atom. The molecule has 0 bridgehead atoms. The summed E-state index contributed by atoms with van der Waals surface area (Å²) in [5.74, 6) is 2.16. The number of fused-ring (bicyclic) bond motifs is 1. The first-order valence-corrected chi connectivity index (χ1v) is 5.92. The van der Waals surface area contributed by atoms with E-state index in [0.29, 0.717) is 24.4 Å². The van der Waals surface area contributed by atoms with Crippen LogP contribution in [0.4, 0.5) is 13.2 Å². The molecule has 7 heteroatoms. The third-order valence-electron chi connectivity index (χ3n) is 3.76. The monoisotopic (exact) mass is 294 g/mol. The fourth-order valence-corrected chi connectivity index (χ4v) is 2.61. The van der Waals surface area contributed by atoms with Gasteiger partial charge in [0.15, 0.2) is 0 Å². The summed E-state index contributed by atoms with van der Waals surface area (Å²) in [4.78, 5) is 3.68. The molecule has 0 aromatic carbocycles. The van der Waals surface area contributed by atoms with Crippen molar-refractivity contribution in [1.29, 1.82) is 0 Å². The van der Waals surface area contributed by atoms with Gasteiger partial charge < -0.3 is 10.1 Å². The zero-order valence-corrected chi connectivity index (χ0v) is 10.8. The van der Waals surface area contributed by atoms with Crippen LogP contribution >= 0.6 is 12.4 Å². The van der Waals surface area contributed by atoms with Crippen LogP contribution in [0.3, 0.4) is 0 Å². The van der Waals surface area contributed by atoms with E-state index in [0.717, 1.165) is 25.4 Å². The minimum atomic E-state index is -4.34. The number of hydrogen-bond donors (Lipinski definition) is 1. The predicted molar refractivity (Wildman–Crippen MR) is 65.3 cm³/mol. The van der Waals surface area contributed by atoms with E-state index in [4.69, 9.17) is 4.74 Å². The van der Waals surface area contributed by atoms with Crippen molar-refractivity contribution in [2.24, 2.45) is 17.8 Å². The molecule has 106 valence electrons. The first kappa shape index (κ1) is 14.4. The summed E-state index contributed by atoms with van der Waals surface area (Å²) >= 11 is 0. The summed E-state index contributed by atoms with van der Waals surface area (Å²) in [6, 6.07) is 2.27. The minimum Gasteiger partial charge on any atom is -0.477 e. The van der Waals surface area contributed by atoms with Crippen molar-refractivity contribution in [3.63, 3.8) is 0 Å². The predicted octanol–water partition coefficient (Wildman–Crippen LogP) is 2.37. The highest BCUT2D eigenvalue weighted by atomic mass is 35.5. The normalized spacial score (nSPS) is 28.5. The van der Waals surface area contributed by atoms with Crippen LogP contribution in [0.25, 0.3) is 0 Å². The quantitative estimate of drug-likeness (QED) is 0.929. The van der Waals surface area contributed by atoms with E-state index in [1.807, 2.05) is 0 Å². The number of pyridine rings is 1. The molecule has 2 unspecified atom stereocenters. The van der Waals surface area contributed by atoms with E-state index in [1.54, 1.807) is 0 Å². The lowest BCUT2D eigenvalue weighted by Crippen LogP contribution is -2.17. The van der Waals surface area contributed by atoms with Gasteiger partial charge in [-0.25, -0.2) is 4.98 Å². The Morgan fingerprint density at radius 2 is 1.95 bits per heavy atom. The molecule has 3 rings (SSSR count). The molecule has 19 heavy (non-hydrogen) atoms. The summed E-state index contributed by atoms with van der Waals surface area (Å²) < 4.78 is 42.4. The van der Waals surface area contributed by atoms with Gasteiger partial charge in [-0.05, 0) is 31.0 Å². The zero-order chi connectivity index (χ0) is 12.8. The Hall–Kier alpha value is -1.01. The second kappa shape index (κ2) is 5.17. The molecule has 3 nitrogen and oxygen atoms in total. The second-order valence-electron chi connectivity index (χ2n) is 4.84. The summed E-state index contributed by atoms with van der Waals surface area (Å²) in [5, 5.41) is 3.28. The molecule has 2 atom stereocenters. The maximum atomic E-state index is 12.3. The van der Waals surface area contributed by atoms with Crippen LogP contribution in [0, 0.1) is 17.8 Å². The number of piperidine rings is 1. The van der Waals surface area contributed by atoms with E-state index in [2.05, 4.69) is 10.3 Å². The number of aromatic nitrogens is 1. The fourth-order valence-electron chi connectivity index (χ4n) is 2.61. The van der Waals surface area contributed by atoms with E-state index in [9.17, 15) is 13.2 Å². The Labute approximate surface area is 115 Å². The van der Waals surface area contributed by atoms with Gasteiger partial charge in [-0.3, -0.25) is 0 Å². The maximum Gasteiger partial charge on any atom is 0.417 e. The number of nitrogens with zero attached hydrogens (tertiary/aromatic N) is 1. The van der Waals surface area contributed by atoms with Crippen LogP contribution in [0.2, 0.25) is 0 Å². The van der Waals surface area contributed by atoms with Crippen LogP contribution in [0.15, 0.2) is 18.3 Å². The molecule has 0 radical (unpaired) electrons. The molecule has 2 aliphatic rings. The standard InChI is InChI=1S/C12H13F3N2O.ClH/c13-12(14,15)7-1-2-11(17-3-7)18-6-10-8-4-16-5-9(8)10;/h1-3,8-10,16H,4-6H2;1H. The van der Waals surface area contributed by atoms with Crippen LogP contribution in [-0.2, 0) is 6.18 Å². The summed E-state index contributed by atoms with van der Waals surface area (Å²) in [7, 11) is 0. The molecule has 1 aromatic rings. The van der Waals surface area contributed by atoms with Gasteiger partial charge in [-0.2, -0.15) is 13.2 Å². The van der Waals surface area contributed by atoms with E-state index in [-0.39, 0.29) is 18.3 Å². The third kappa shape index (κ3) is 2.95. The Kier molecular flexibility index (Phi) is 3.92. The highest BCUT2D eigenvalue weighted by molar-refractivity contribution is 5.85. The third-order valence-corrected chi connectivity index (χ3v) is 3.76. The van der Waals surface area contributed by atoms with Crippen molar-refractivity contribution in [2.75, 3.05) is 19.7 Å². The molecular weight excluding hydrogens is 281 g/mol. The number of halogens is 4. The maximum absolute atomic E-state index is 12.3. The number of ether oxygens (including phenoxy) is 1. The SMILES string of the molecule is Cl.FC(F)(F)c1ccc(OCC2C3CNCC32)nc1. The van der Waals surface area contributed by atoms with Gasteiger partial charge in [0, 0.05) is 18.2 Å². The molecule has 2 fully saturated rings. The molecule has 1 saturated heterocycles. The lowest BCUT2D eigenvalue weighted by atomic mass is 10.3. The van der Waals surface area contributed by atoms with Crippen LogP contribution in [0.1, 0.15) is 5.56 Å². The van der Waals surface area contributed by atoms with E-state index >= 15 is 0 Å². The molecule has 1 aliphatic carbocycles. The van der Waals surface area contributed by atoms with Crippen molar-refractivity contribution in [1.82, 2.24) is 10.3 Å². The van der Waals surface area contributed by atoms with Crippen molar-refractivity contribution in [3.05, 3.63) is 23.9 Å². The lowest BCUT2D eigenvalue weighted by Gasteiger charge is -2.09. The molecular formula is C12H14ClF3N2O. The van der Waals surface area contributed by atoms with Gasteiger partial charge in [-0.1, -0.05) is 0 Å². The molecule has 1 aromatic heterocycles. The Bertz CT molecular complexity index is 428. The first-order chi connectivity index (χ1) is 8.55. The van der Waals surface area contributed by atoms with E-state index in [1.165, 1.54) is 6.07 Å². The van der Waals surface area contributed by atoms with Gasteiger partial charge in [0.1, 0.15) is 0 Å². The molecule has 2 heterocycles. The van der Waals surface area contributed by atoms with Gasteiger partial charge in [0.05, 0.1) is 12.2 Å². The van der Waals surface area contributed by atoms with Crippen LogP contribution < -0.4 is 10.1 Å². The van der Waals surface area contributed by atoms with E-state index < -0.39 is 11.7 Å². The second-order valence-corrected chi connectivity index (χ2v) is 4.84. The summed E-state index contributed by atoms with van der Waals surface area (Å²) in [6.45, 7) is 2.60. The topological polar surface area (TPSA) is 34.1 Å². The fraction of sp³-hybridized carbons (Fsp3) is 0.583. The highest BCUT2D eigenvalue weighted by Crippen LogP contribution is 2.48. The van der Waals surface area contributed by atoms with Crippen molar-refractivity contribution >= 4 is 12.4 Å². The highest BCUT2D eigenvalue weighted by Gasteiger charge is 2.53. The summed E-state index contributed by atoms with van der Waals surface area (Å²) in [6.07, 6.45) is -3.53. The van der Waals surface area contributed by atoms with Crippen molar-refractivity contribution in [3.8, 4) is 5.88 Å². The van der Waals surface area contributed by atoms with Gasteiger partial charge >= 0.3 is 6.18 Å². The number of alkyl halides is 3. The number of hydrogen-bond acceptors (Lipinski definition) is 3. The molecule has 0 amide bonds. The number of rotatable bonds is 3. The molecule has 1 N–H and O–H groups in total.